The number of carbonyl (C=O) groups excluding carboxylic acids is 2. The number of hydrogen-bond donors (Lipinski definition) is 0. The fourth-order valence-electron chi connectivity index (χ4n) is 2.80. The zero-order chi connectivity index (χ0) is 18.8. The van der Waals surface area contributed by atoms with E-state index in [0.29, 0.717) is 21.9 Å². The Hall–Kier alpha value is -2.53. The average molecular weight is 367 g/mol. The highest BCUT2D eigenvalue weighted by atomic mass is 32.2. The Morgan fingerprint density at radius 3 is 2.08 bits per heavy atom. The van der Waals surface area contributed by atoms with E-state index in [1.807, 2.05) is 45.0 Å². The van der Waals surface area contributed by atoms with Gasteiger partial charge < -0.3 is 4.74 Å². The van der Waals surface area contributed by atoms with Crippen molar-refractivity contribution in [2.24, 2.45) is 0 Å². The van der Waals surface area contributed by atoms with Gasteiger partial charge in [-0.2, -0.15) is 0 Å². The molecule has 0 saturated heterocycles. The third kappa shape index (κ3) is 3.40. The predicted octanol–water partition coefficient (Wildman–Crippen LogP) is 4.43. The molecule has 5 heteroatoms. The number of aryl methyl sites for hydroxylation is 1. The highest BCUT2D eigenvalue weighted by Gasteiger charge is 2.40. The maximum Gasteiger partial charge on any atom is 0.272 e. The third-order valence-electron chi connectivity index (χ3n) is 4.07. The molecular weight excluding hydrogens is 346 g/mol. The Morgan fingerprint density at radius 2 is 1.54 bits per heavy atom. The molecule has 4 nitrogen and oxygen atoms in total. The van der Waals surface area contributed by atoms with Gasteiger partial charge in [0.15, 0.2) is 0 Å². The van der Waals surface area contributed by atoms with Crippen LogP contribution in [0, 0.1) is 6.92 Å². The molecule has 134 valence electrons. The molecule has 0 atom stereocenters. The highest BCUT2D eigenvalue weighted by molar-refractivity contribution is 8.04. The van der Waals surface area contributed by atoms with Crippen LogP contribution in [-0.2, 0) is 9.59 Å². The van der Waals surface area contributed by atoms with E-state index in [1.165, 1.54) is 16.7 Å². The Labute approximate surface area is 157 Å². The lowest BCUT2D eigenvalue weighted by Crippen LogP contribution is -2.31. The van der Waals surface area contributed by atoms with Crippen LogP contribution in [0.25, 0.3) is 5.57 Å². The molecule has 0 unspecified atom stereocenters. The van der Waals surface area contributed by atoms with Gasteiger partial charge in [-0.25, -0.2) is 4.90 Å². The molecular formula is C21H21NO3S. The summed E-state index contributed by atoms with van der Waals surface area (Å²) in [7, 11) is 1.58. The van der Waals surface area contributed by atoms with Gasteiger partial charge in [0.2, 0.25) is 0 Å². The predicted molar refractivity (Wildman–Crippen MR) is 106 cm³/mol. The molecule has 2 aromatic rings. The van der Waals surface area contributed by atoms with E-state index in [1.54, 1.807) is 31.4 Å². The molecule has 3 rings (SSSR count). The van der Waals surface area contributed by atoms with Gasteiger partial charge in [-0.05, 0) is 36.8 Å². The number of hydrogen-bond acceptors (Lipinski definition) is 4. The van der Waals surface area contributed by atoms with Gasteiger partial charge in [0, 0.05) is 5.25 Å². The standard InChI is InChI=1S/C21H21NO3S/c1-13(2)26-19-18(15-7-5-14(3)6-8-15)20(23)22(21(19)24)16-9-11-17(25-4)12-10-16/h5-13H,1-4H3. The SMILES string of the molecule is COc1ccc(N2C(=O)C(SC(C)C)=C(c3ccc(C)cc3)C2=O)cc1. The minimum Gasteiger partial charge on any atom is -0.497 e. The number of benzene rings is 2. The molecule has 1 aliphatic heterocycles. The van der Waals surface area contributed by atoms with E-state index in [4.69, 9.17) is 4.74 Å². The summed E-state index contributed by atoms with van der Waals surface area (Å²) in [6.45, 7) is 6.02. The van der Waals surface area contributed by atoms with Crippen LogP contribution in [0.5, 0.6) is 5.75 Å². The van der Waals surface area contributed by atoms with Crippen LogP contribution in [0.1, 0.15) is 25.0 Å². The first kappa shape index (κ1) is 18.3. The number of rotatable bonds is 5. The van der Waals surface area contributed by atoms with Crippen LogP contribution >= 0.6 is 11.8 Å². The lowest BCUT2D eigenvalue weighted by Gasteiger charge is -2.15. The lowest BCUT2D eigenvalue weighted by atomic mass is 10.0. The third-order valence-corrected chi connectivity index (χ3v) is 5.15. The minimum atomic E-state index is -0.285. The molecule has 26 heavy (non-hydrogen) atoms. The first-order valence-corrected chi connectivity index (χ1v) is 9.31. The van der Waals surface area contributed by atoms with Gasteiger partial charge in [0.25, 0.3) is 11.8 Å². The number of anilines is 1. The maximum absolute atomic E-state index is 13.2. The number of imide groups is 1. The van der Waals surface area contributed by atoms with Crippen molar-refractivity contribution in [3.05, 3.63) is 64.6 Å². The summed E-state index contributed by atoms with van der Waals surface area (Å²) in [5.41, 5.74) is 2.90. The van der Waals surface area contributed by atoms with Gasteiger partial charge in [0.1, 0.15) is 5.75 Å². The summed E-state index contributed by atoms with van der Waals surface area (Å²) in [5.74, 6) is 0.123. The van der Waals surface area contributed by atoms with Crippen molar-refractivity contribution in [1.29, 1.82) is 0 Å². The summed E-state index contributed by atoms with van der Waals surface area (Å²) in [4.78, 5) is 28.0. The Kier molecular flexibility index (Phi) is 5.18. The van der Waals surface area contributed by atoms with Crippen LogP contribution in [0.3, 0.4) is 0 Å². The van der Waals surface area contributed by atoms with Crippen LogP contribution in [0.15, 0.2) is 53.4 Å². The second-order valence-corrected chi connectivity index (χ2v) is 7.97. The molecule has 1 heterocycles. The first-order chi connectivity index (χ1) is 12.4. The van der Waals surface area contributed by atoms with Crippen molar-refractivity contribution < 1.29 is 14.3 Å². The van der Waals surface area contributed by atoms with Crippen molar-refractivity contribution in [2.45, 2.75) is 26.0 Å². The fourth-order valence-corrected chi connectivity index (χ4v) is 3.78. The Balaban J connectivity index is 2.06. The van der Waals surface area contributed by atoms with Crippen molar-refractivity contribution in [2.75, 3.05) is 12.0 Å². The normalized spacial score (nSPS) is 14.6. The molecule has 0 radical (unpaired) electrons. The Bertz CT molecular complexity index is 867. The summed E-state index contributed by atoms with van der Waals surface area (Å²) in [5, 5.41) is 0.193. The second-order valence-electron chi connectivity index (χ2n) is 6.38. The zero-order valence-electron chi connectivity index (χ0n) is 15.3. The molecule has 1 aliphatic rings. The summed E-state index contributed by atoms with van der Waals surface area (Å²) in [6, 6.07) is 14.6. The molecule has 0 saturated carbocycles. The molecule has 0 N–H and O–H groups in total. The fraction of sp³-hybridized carbons (Fsp3) is 0.238. The van der Waals surface area contributed by atoms with Crippen LogP contribution in [0.2, 0.25) is 0 Å². The number of methoxy groups -OCH3 is 1. The summed E-state index contributed by atoms with van der Waals surface area (Å²) in [6.07, 6.45) is 0. The van der Waals surface area contributed by atoms with E-state index < -0.39 is 0 Å². The van der Waals surface area contributed by atoms with Gasteiger partial charge in [-0.3, -0.25) is 9.59 Å². The van der Waals surface area contributed by atoms with E-state index >= 15 is 0 Å². The lowest BCUT2D eigenvalue weighted by molar-refractivity contribution is -0.119. The quantitative estimate of drug-likeness (QED) is 0.734. The number of amides is 2. The zero-order valence-corrected chi connectivity index (χ0v) is 16.1. The topological polar surface area (TPSA) is 46.6 Å². The molecule has 0 bridgehead atoms. The van der Waals surface area contributed by atoms with Crippen LogP contribution in [-0.4, -0.2) is 24.2 Å². The summed E-state index contributed by atoms with van der Waals surface area (Å²) < 4.78 is 5.16. The summed E-state index contributed by atoms with van der Waals surface area (Å²) >= 11 is 1.43. The van der Waals surface area contributed by atoms with Gasteiger partial charge in [-0.1, -0.05) is 43.7 Å². The van der Waals surface area contributed by atoms with E-state index in [0.717, 1.165) is 11.1 Å². The molecule has 0 fully saturated rings. The van der Waals surface area contributed by atoms with E-state index in [2.05, 4.69) is 0 Å². The van der Waals surface area contributed by atoms with Gasteiger partial charge in [-0.15, -0.1) is 11.8 Å². The minimum absolute atomic E-state index is 0.193. The number of thioether (sulfide) groups is 1. The number of nitrogens with zero attached hydrogens (tertiary/aromatic N) is 1. The smallest absolute Gasteiger partial charge is 0.272 e. The average Bonchev–Trinajstić information content (AvgIpc) is 2.86. The van der Waals surface area contributed by atoms with Crippen molar-refractivity contribution in [3.8, 4) is 5.75 Å². The highest BCUT2D eigenvalue weighted by Crippen LogP contribution is 2.40. The van der Waals surface area contributed by atoms with Crippen molar-refractivity contribution in [3.63, 3.8) is 0 Å². The maximum atomic E-state index is 13.2. The second kappa shape index (κ2) is 7.38. The monoisotopic (exact) mass is 367 g/mol. The van der Waals surface area contributed by atoms with E-state index in [9.17, 15) is 9.59 Å². The molecule has 2 aromatic carbocycles. The largest absolute Gasteiger partial charge is 0.497 e. The van der Waals surface area contributed by atoms with Gasteiger partial charge >= 0.3 is 0 Å². The van der Waals surface area contributed by atoms with Crippen LogP contribution in [0.4, 0.5) is 5.69 Å². The first-order valence-electron chi connectivity index (χ1n) is 8.43. The molecule has 0 spiro atoms. The molecule has 2 amide bonds. The number of ether oxygens (including phenoxy) is 1. The molecule has 0 aromatic heterocycles. The van der Waals surface area contributed by atoms with Gasteiger partial charge in [0.05, 0.1) is 23.3 Å². The van der Waals surface area contributed by atoms with Crippen LogP contribution < -0.4 is 9.64 Å². The molecule has 0 aliphatic carbocycles. The van der Waals surface area contributed by atoms with Crippen molar-refractivity contribution in [1.82, 2.24) is 0 Å². The Morgan fingerprint density at radius 1 is 0.923 bits per heavy atom. The van der Waals surface area contributed by atoms with Crippen molar-refractivity contribution >= 4 is 34.8 Å². The van der Waals surface area contributed by atoms with E-state index in [-0.39, 0.29) is 17.1 Å². The number of carbonyl (C=O) groups is 2.